The summed E-state index contributed by atoms with van der Waals surface area (Å²) in [4.78, 5) is 6.81. The lowest BCUT2D eigenvalue weighted by Crippen LogP contribution is -2.53. The Kier molecular flexibility index (Phi) is 5.24. The lowest BCUT2D eigenvalue weighted by atomic mass is 10.0. The van der Waals surface area contributed by atoms with Crippen LogP contribution in [0.3, 0.4) is 0 Å². The number of anilines is 1. The Labute approximate surface area is 126 Å². The standard InChI is InChI=1S/C15H24ClN3O/c1-4-5-17-9-12-8-13(16)14(18-10-12)19-6-7-20-11-15(19,2)3/h8,10,17H,4-7,9,11H2,1-3H3. The molecule has 112 valence electrons. The summed E-state index contributed by atoms with van der Waals surface area (Å²) < 4.78 is 5.54. The highest BCUT2D eigenvalue weighted by molar-refractivity contribution is 6.33. The fourth-order valence-corrected chi connectivity index (χ4v) is 2.72. The first kappa shape index (κ1) is 15.5. The maximum absolute atomic E-state index is 6.43. The molecule has 1 aliphatic heterocycles. The summed E-state index contributed by atoms with van der Waals surface area (Å²) in [5, 5.41) is 4.08. The Balaban J connectivity index is 2.12. The zero-order valence-corrected chi connectivity index (χ0v) is 13.3. The van der Waals surface area contributed by atoms with Crippen molar-refractivity contribution >= 4 is 17.4 Å². The average molecular weight is 298 g/mol. The van der Waals surface area contributed by atoms with Crippen LogP contribution in [0.5, 0.6) is 0 Å². The molecule has 0 spiro atoms. The topological polar surface area (TPSA) is 37.4 Å². The van der Waals surface area contributed by atoms with Gasteiger partial charge in [0.05, 0.1) is 23.8 Å². The summed E-state index contributed by atoms with van der Waals surface area (Å²) in [6.07, 6.45) is 3.04. The van der Waals surface area contributed by atoms with E-state index in [1.807, 2.05) is 12.3 Å². The third-order valence-electron chi connectivity index (χ3n) is 3.54. The molecule has 1 N–H and O–H groups in total. The van der Waals surface area contributed by atoms with Crippen molar-refractivity contribution in [3.63, 3.8) is 0 Å². The molecular weight excluding hydrogens is 274 g/mol. The molecule has 2 heterocycles. The first-order valence-corrected chi connectivity index (χ1v) is 7.63. The number of aromatic nitrogens is 1. The van der Waals surface area contributed by atoms with E-state index in [-0.39, 0.29) is 5.54 Å². The number of rotatable bonds is 5. The fraction of sp³-hybridized carbons (Fsp3) is 0.667. The third kappa shape index (κ3) is 3.62. The van der Waals surface area contributed by atoms with E-state index in [1.54, 1.807) is 0 Å². The van der Waals surface area contributed by atoms with E-state index >= 15 is 0 Å². The number of pyridine rings is 1. The molecule has 0 aliphatic carbocycles. The molecule has 0 amide bonds. The molecule has 1 aromatic rings. The number of morpholine rings is 1. The Morgan fingerprint density at radius 1 is 1.50 bits per heavy atom. The second-order valence-electron chi connectivity index (χ2n) is 5.84. The second-order valence-corrected chi connectivity index (χ2v) is 6.25. The minimum absolute atomic E-state index is 0.0726. The van der Waals surface area contributed by atoms with Crippen molar-refractivity contribution in [2.75, 3.05) is 31.2 Å². The molecule has 20 heavy (non-hydrogen) atoms. The van der Waals surface area contributed by atoms with Crippen LogP contribution in [0.2, 0.25) is 5.02 Å². The number of halogens is 1. The van der Waals surface area contributed by atoms with Crippen molar-refractivity contribution in [1.29, 1.82) is 0 Å². The lowest BCUT2D eigenvalue weighted by molar-refractivity contribution is 0.0639. The van der Waals surface area contributed by atoms with Crippen LogP contribution in [0.25, 0.3) is 0 Å². The van der Waals surface area contributed by atoms with Crippen LogP contribution in [-0.4, -0.2) is 36.8 Å². The van der Waals surface area contributed by atoms with Gasteiger partial charge in [0.25, 0.3) is 0 Å². The smallest absolute Gasteiger partial charge is 0.147 e. The minimum Gasteiger partial charge on any atom is -0.377 e. The number of nitrogens with zero attached hydrogens (tertiary/aromatic N) is 2. The Bertz CT molecular complexity index is 451. The number of hydrogen-bond acceptors (Lipinski definition) is 4. The van der Waals surface area contributed by atoms with Crippen molar-refractivity contribution in [3.05, 3.63) is 22.8 Å². The maximum Gasteiger partial charge on any atom is 0.147 e. The van der Waals surface area contributed by atoms with Crippen LogP contribution in [0.1, 0.15) is 32.8 Å². The van der Waals surface area contributed by atoms with Crippen LogP contribution in [0, 0.1) is 0 Å². The van der Waals surface area contributed by atoms with Crippen molar-refractivity contribution in [2.24, 2.45) is 0 Å². The monoisotopic (exact) mass is 297 g/mol. The van der Waals surface area contributed by atoms with E-state index in [1.165, 1.54) is 0 Å². The van der Waals surface area contributed by atoms with Gasteiger partial charge in [-0.3, -0.25) is 0 Å². The van der Waals surface area contributed by atoms with Crippen molar-refractivity contribution < 1.29 is 4.74 Å². The van der Waals surface area contributed by atoms with Crippen molar-refractivity contribution in [1.82, 2.24) is 10.3 Å². The van der Waals surface area contributed by atoms with Gasteiger partial charge in [0.15, 0.2) is 0 Å². The van der Waals surface area contributed by atoms with E-state index in [9.17, 15) is 0 Å². The van der Waals surface area contributed by atoms with Gasteiger partial charge >= 0.3 is 0 Å². The summed E-state index contributed by atoms with van der Waals surface area (Å²) in [7, 11) is 0. The SMILES string of the molecule is CCCNCc1cnc(N2CCOCC2(C)C)c(Cl)c1. The van der Waals surface area contributed by atoms with Gasteiger partial charge in [-0.15, -0.1) is 0 Å². The van der Waals surface area contributed by atoms with Crippen LogP contribution in [-0.2, 0) is 11.3 Å². The van der Waals surface area contributed by atoms with Gasteiger partial charge in [-0.25, -0.2) is 4.98 Å². The first-order valence-electron chi connectivity index (χ1n) is 7.25. The van der Waals surface area contributed by atoms with Gasteiger partial charge in [-0.2, -0.15) is 0 Å². The highest BCUT2D eigenvalue weighted by Crippen LogP contribution is 2.31. The molecule has 0 unspecified atom stereocenters. The summed E-state index contributed by atoms with van der Waals surface area (Å²) in [6, 6.07) is 2.01. The Morgan fingerprint density at radius 3 is 2.95 bits per heavy atom. The third-order valence-corrected chi connectivity index (χ3v) is 3.81. The number of hydrogen-bond donors (Lipinski definition) is 1. The van der Waals surface area contributed by atoms with Crippen molar-refractivity contribution in [2.45, 2.75) is 39.3 Å². The van der Waals surface area contributed by atoms with Gasteiger partial charge in [0, 0.05) is 19.3 Å². The number of nitrogens with one attached hydrogen (secondary N) is 1. The van der Waals surface area contributed by atoms with Crippen LogP contribution < -0.4 is 10.2 Å². The number of ether oxygens (including phenoxy) is 1. The molecule has 1 saturated heterocycles. The predicted octanol–water partition coefficient (Wildman–Crippen LogP) is 2.85. The summed E-state index contributed by atoms with van der Waals surface area (Å²) in [5.41, 5.74) is 1.05. The van der Waals surface area contributed by atoms with Gasteiger partial charge in [0.2, 0.25) is 0 Å². The predicted molar refractivity (Wildman–Crippen MR) is 83.5 cm³/mol. The molecule has 1 fully saturated rings. The second kappa shape index (κ2) is 6.74. The molecule has 0 atom stereocenters. The lowest BCUT2D eigenvalue weighted by Gasteiger charge is -2.43. The molecule has 0 saturated carbocycles. The highest BCUT2D eigenvalue weighted by atomic mass is 35.5. The van der Waals surface area contributed by atoms with E-state index in [0.717, 1.165) is 49.1 Å². The van der Waals surface area contributed by atoms with E-state index < -0.39 is 0 Å². The first-order chi connectivity index (χ1) is 9.54. The molecule has 5 heteroatoms. The van der Waals surface area contributed by atoms with Crippen LogP contribution in [0.4, 0.5) is 5.82 Å². The Hall–Kier alpha value is -0.840. The van der Waals surface area contributed by atoms with Gasteiger partial charge in [0.1, 0.15) is 5.82 Å². The zero-order valence-electron chi connectivity index (χ0n) is 12.6. The molecule has 0 bridgehead atoms. The highest BCUT2D eigenvalue weighted by Gasteiger charge is 2.32. The zero-order chi connectivity index (χ0) is 14.6. The molecule has 1 aliphatic rings. The molecule has 0 radical (unpaired) electrons. The van der Waals surface area contributed by atoms with Gasteiger partial charge < -0.3 is 15.0 Å². The molecule has 2 rings (SSSR count). The molecule has 1 aromatic heterocycles. The van der Waals surface area contributed by atoms with Gasteiger partial charge in [-0.1, -0.05) is 18.5 Å². The van der Waals surface area contributed by atoms with Crippen LogP contribution >= 0.6 is 11.6 Å². The quantitative estimate of drug-likeness (QED) is 0.848. The fourth-order valence-electron chi connectivity index (χ4n) is 2.43. The molecule has 0 aromatic carbocycles. The average Bonchev–Trinajstić information content (AvgIpc) is 2.40. The van der Waals surface area contributed by atoms with Crippen molar-refractivity contribution in [3.8, 4) is 0 Å². The maximum atomic E-state index is 6.43. The van der Waals surface area contributed by atoms with Gasteiger partial charge in [-0.05, 0) is 38.4 Å². The Morgan fingerprint density at radius 2 is 2.30 bits per heavy atom. The summed E-state index contributed by atoms with van der Waals surface area (Å²) in [5.74, 6) is 0.860. The summed E-state index contributed by atoms with van der Waals surface area (Å²) in [6.45, 7) is 10.5. The minimum atomic E-state index is -0.0726. The largest absolute Gasteiger partial charge is 0.377 e. The summed E-state index contributed by atoms with van der Waals surface area (Å²) >= 11 is 6.43. The van der Waals surface area contributed by atoms with E-state index in [2.05, 4.69) is 36.0 Å². The normalized spacial score (nSPS) is 18.3. The molecule has 4 nitrogen and oxygen atoms in total. The van der Waals surface area contributed by atoms with Crippen LogP contribution in [0.15, 0.2) is 12.3 Å². The van der Waals surface area contributed by atoms with E-state index in [0.29, 0.717) is 6.61 Å². The van der Waals surface area contributed by atoms with E-state index in [4.69, 9.17) is 16.3 Å². The molecular formula is C15H24ClN3O.